The lowest BCUT2D eigenvalue weighted by atomic mass is 9.72. The van der Waals surface area contributed by atoms with Crippen molar-refractivity contribution in [1.29, 1.82) is 0 Å². The van der Waals surface area contributed by atoms with Crippen LogP contribution in [-0.4, -0.2) is 17.8 Å². The van der Waals surface area contributed by atoms with Gasteiger partial charge in [0, 0.05) is 0 Å². The highest BCUT2D eigenvalue weighted by atomic mass is 16.3. The average molecular weight is 173 g/mol. The van der Waals surface area contributed by atoms with Gasteiger partial charge in [-0.3, -0.25) is 0 Å². The molecule has 0 aromatic heterocycles. The SMILES string of the molecule is CC(O)C(C)(C)CC(C)(C)CN. The van der Waals surface area contributed by atoms with Gasteiger partial charge in [-0.2, -0.15) is 0 Å². The number of rotatable bonds is 4. The van der Waals surface area contributed by atoms with E-state index in [0.29, 0.717) is 6.54 Å². The molecule has 0 rings (SSSR count). The van der Waals surface area contributed by atoms with Crippen molar-refractivity contribution in [2.45, 2.75) is 47.1 Å². The molecule has 3 N–H and O–H groups in total. The predicted octanol–water partition coefficient (Wildman–Crippen LogP) is 1.77. The monoisotopic (exact) mass is 173 g/mol. The van der Waals surface area contributed by atoms with Crippen molar-refractivity contribution >= 4 is 0 Å². The summed E-state index contributed by atoms with van der Waals surface area (Å²) in [5.41, 5.74) is 5.72. The third-order valence-corrected chi connectivity index (χ3v) is 2.62. The van der Waals surface area contributed by atoms with Gasteiger partial charge in [0.05, 0.1) is 6.10 Å². The second-order valence-electron chi connectivity index (χ2n) is 5.21. The Labute approximate surface area is 76.2 Å². The number of nitrogens with two attached hydrogens (primary N) is 1. The summed E-state index contributed by atoms with van der Waals surface area (Å²) in [5, 5.41) is 9.50. The van der Waals surface area contributed by atoms with Crippen molar-refractivity contribution in [3.05, 3.63) is 0 Å². The molecule has 0 amide bonds. The van der Waals surface area contributed by atoms with Gasteiger partial charge in [-0.05, 0) is 30.7 Å². The molecule has 0 aliphatic heterocycles. The Kier molecular flexibility index (Phi) is 3.73. The highest BCUT2D eigenvalue weighted by Gasteiger charge is 2.31. The molecule has 0 spiro atoms. The minimum Gasteiger partial charge on any atom is -0.393 e. The van der Waals surface area contributed by atoms with E-state index in [0.717, 1.165) is 6.42 Å². The van der Waals surface area contributed by atoms with E-state index in [1.54, 1.807) is 0 Å². The highest BCUT2D eigenvalue weighted by molar-refractivity contribution is 4.82. The van der Waals surface area contributed by atoms with Crippen molar-refractivity contribution in [1.82, 2.24) is 0 Å². The van der Waals surface area contributed by atoms with Gasteiger partial charge in [0.15, 0.2) is 0 Å². The minimum atomic E-state index is -0.275. The van der Waals surface area contributed by atoms with Crippen LogP contribution in [0.3, 0.4) is 0 Å². The molecule has 0 saturated carbocycles. The van der Waals surface area contributed by atoms with E-state index < -0.39 is 0 Å². The molecule has 0 fully saturated rings. The molecule has 1 unspecified atom stereocenters. The van der Waals surface area contributed by atoms with Gasteiger partial charge < -0.3 is 10.8 Å². The summed E-state index contributed by atoms with van der Waals surface area (Å²) >= 11 is 0. The van der Waals surface area contributed by atoms with Gasteiger partial charge in [-0.25, -0.2) is 0 Å². The third-order valence-electron chi connectivity index (χ3n) is 2.62. The zero-order chi connectivity index (χ0) is 9.99. The third kappa shape index (κ3) is 3.55. The Morgan fingerprint density at radius 1 is 1.25 bits per heavy atom. The molecule has 2 nitrogen and oxygen atoms in total. The van der Waals surface area contributed by atoms with Gasteiger partial charge >= 0.3 is 0 Å². The van der Waals surface area contributed by atoms with Crippen molar-refractivity contribution < 1.29 is 5.11 Å². The van der Waals surface area contributed by atoms with Crippen molar-refractivity contribution in [2.24, 2.45) is 16.6 Å². The summed E-state index contributed by atoms with van der Waals surface area (Å²) in [6.07, 6.45) is 0.678. The molecule has 0 radical (unpaired) electrons. The lowest BCUT2D eigenvalue weighted by Crippen LogP contribution is -2.35. The quantitative estimate of drug-likeness (QED) is 0.680. The summed E-state index contributed by atoms with van der Waals surface area (Å²) in [6.45, 7) is 10.9. The Morgan fingerprint density at radius 3 is 1.92 bits per heavy atom. The largest absolute Gasteiger partial charge is 0.393 e. The first-order valence-corrected chi connectivity index (χ1v) is 4.59. The van der Waals surface area contributed by atoms with E-state index in [1.165, 1.54) is 0 Å². The first-order chi connectivity index (χ1) is 5.21. The Morgan fingerprint density at radius 2 is 1.67 bits per heavy atom. The molecule has 12 heavy (non-hydrogen) atoms. The maximum atomic E-state index is 9.50. The van der Waals surface area contributed by atoms with Crippen molar-refractivity contribution in [3.8, 4) is 0 Å². The molecule has 0 aliphatic carbocycles. The van der Waals surface area contributed by atoms with Crippen LogP contribution in [0.15, 0.2) is 0 Å². The molecule has 0 aromatic rings. The number of aliphatic hydroxyl groups is 1. The number of hydrogen-bond donors (Lipinski definition) is 2. The van der Waals surface area contributed by atoms with E-state index in [4.69, 9.17) is 5.73 Å². The van der Waals surface area contributed by atoms with Crippen LogP contribution in [0.25, 0.3) is 0 Å². The van der Waals surface area contributed by atoms with Gasteiger partial charge in [0.2, 0.25) is 0 Å². The van der Waals surface area contributed by atoms with Crippen LogP contribution in [0.5, 0.6) is 0 Å². The van der Waals surface area contributed by atoms with Crippen LogP contribution < -0.4 is 5.73 Å². The molecule has 74 valence electrons. The van der Waals surface area contributed by atoms with Crippen LogP contribution in [0.2, 0.25) is 0 Å². The summed E-state index contributed by atoms with van der Waals surface area (Å²) in [7, 11) is 0. The Hall–Kier alpha value is -0.0800. The predicted molar refractivity (Wildman–Crippen MR) is 52.9 cm³/mol. The first kappa shape index (κ1) is 11.9. The zero-order valence-corrected chi connectivity index (χ0v) is 9.02. The van der Waals surface area contributed by atoms with Gasteiger partial charge in [0.1, 0.15) is 0 Å². The number of hydrogen-bond acceptors (Lipinski definition) is 2. The second kappa shape index (κ2) is 3.75. The summed E-state index contributed by atoms with van der Waals surface area (Å²) in [6, 6.07) is 0. The summed E-state index contributed by atoms with van der Waals surface area (Å²) in [4.78, 5) is 0. The molecule has 0 aliphatic rings. The lowest BCUT2D eigenvalue weighted by molar-refractivity contribution is 0.0326. The number of aliphatic hydroxyl groups excluding tert-OH is 1. The lowest BCUT2D eigenvalue weighted by Gasteiger charge is -2.36. The van der Waals surface area contributed by atoms with E-state index >= 15 is 0 Å². The molecule has 0 saturated heterocycles. The maximum Gasteiger partial charge on any atom is 0.0563 e. The average Bonchev–Trinajstić information content (AvgIpc) is 1.85. The highest BCUT2D eigenvalue weighted by Crippen LogP contribution is 2.35. The molecule has 0 heterocycles. The van der Waals surface area contributed by atoms with E-state index in [-0.39, 0.29) is 16.9 Å². The smallest absolute Gasteiger partial charge is 0.0563 e. The molecular formula is C10H23NO. The second-order valence-corrected chi connectivity index (χ2v) is 5.21. The molecule has 0 bridgehead atoms. The van der Waals surface area contributed by atoms with Crippen molar-refractivity contribution in [3.63, 3.8) is 0 Å². The fourth-order valence-electron chi connectivity index (χ4n) is 1.45. The normalized spacial score (nSPS) is 16.2. The first-order valence-electron chi connectivity index (χ1n) is 4.59. The van der Waals surface area contributed by atoms with Gasteiger partial charge in [0.25, 0.3) is 0 Å². The standard InChI is InChI=1S/C10H23NO/c1-8(12)10(4,5)6-9(2,3)7-11/h8,12H,6-7,11H2,1-5H3. The summed E-state index contributed by atoms with van der Waals surface area (Å²) in [5.74, 6) is 0. The minimum absolute atomic E-state index is 0.0388. The Bertz CT molecular complexity index is 139. The molecule has 0 aromatic carbocycles. The van der Waals surface area contributed by atoms with E-state index in [2.05, 4.69) is 27.7 Å². The van der Waals surface area contributed by atoms with E-state index in [9.17, 15) is 5.11 Å². The van der Waals surface area contributed by atoms with Gasteiger partial charge in [-0.15, -0.1) is 0 Å². The Balaban J connectivity index is 4.23. The summed E-state index contributed by atoms with van der Waals surface area (Å²) < 4.78 is 0. The topological polar surface area (TPSA) is 46.2 Å². The maximum absolute atomic E-state index is 9.50. The fourth-order valence-corrected chi connectivity index (χ4v) is 1.45. The fraction of sp³-hybridized carbons (Fsp3) is 1.00. The molecule has 2 heteroatoms. The van der Waals surface area contributed by atoms with Crippen LogP contribution >= 0.6 is 0 Å². The van der Waals surface area contributed by atoms with Crippen molar-refractivity contribution in [2.75, 3.05) is 6.54 Å². The molecule has 1 atom stereocenters. The van der Waals surface area contributed by atoms with Crippen LogP contribution in [-0.2, 0) is 0 Å². The van der Waals surface area contributed by atoms with Gasteiger partial charge in [-0.1, -0.05) is 27.7 Å². The molecular weight excluding hydrogens is 150 g/mol. The van der Waals surface area contributed by atoms with E-state index in [1.807, 2.05) is 6.92 Å². The van der Waals surface area contributed by atoms with Crippen LogP contribution in [0, 0.1) is 10.8 Å². The zero-order valence-electron chi connectivity index (χ0n) is 9.02. The van der Waals surface area contributed by atoms with Crippen LogP contribution in [0.4, 0.5) is 0 Å². The van der Waals surface area contributed by atoms with Crippen LogP contribution in [0.1, 0.15) is 41.0 Å².